The van der Waals surface area contributed by atoms with Gasteiger partial charge in [0.25, 0.3) is 0 Å². The van der Waals surface area contributed by atoms with Crippen molar-refractivity contribution < 1.29 is 4.79 Å². The summed E-state index contributed by atoms with van der Waals surface area (Å²) in [4.78, 5) is 25.6. The summed E-state index contributed by atoms with van der Waals surface area (Å²) in [6.45, 7) is 6.35. The third kappa shape index (κ3) is 4.09. The monoisotopic (exact) mass is 467 g/mol. The summed E-state index contributed by atoms with van der Waals surface area (Å²) in [7, 11) is 0. The molecule has 1 saturated heterocycles. The number of benzene rings is 1. The molecular weight excluding hydrogens is 438 g/mol. The zero-order valence-corrected chi connectivity index (χ0v) is 20.1. The van der Waals surface area contributed by atoms with E-state index in [9.17, 15) is 4.79 Å². The van der Waals surface area contributed by atoms with E-state index in [1.807, 2.05) is 29.3 Å². The van der Waals surface area contributed by atoms with E-state index in [-0.39, 0.29) is 5.91 Å². The van der Waals surface area contributed by atoms with Crippen LogP contribution in [0.4, 0.5) is 17.3 Å². The van der Waals surface area contributed by atoms with Gasteiger partial charge in [-0.1, -0.05) is 18.2 Å². The number of hydrogen-bond donors (Lipinski definition) is 1. The van der Waals surface area contributed by atoms with Gasteiger partial charge in [-0.15, -0.1) is 0 Å². The van der Waals surface area contributed by atoms with Crippen molar-refractivity contribution in [2.75, 3.05) is 23.3 Å². The summed E-state index contributed by atoms with van der Waals surface area (Å²) in [5, 5.41) is 8.30. The number of aromatic nitrogens is 4. The molecule has 1 fully saturated rings. The molecular formula is C27H29N7O. The molecule has 1 atom stereocenters. The van der Waals surface area contributed by atoms with E-state index in [0.29, 0.717) is 12.6 Å². The number of hydrogen-bond acceptors (Lipinski definition) is 6. The maximum absolute atomic E-state index is 11.9. The lowest BCUT2D eigenvalue weighted by molar-refractivity contribution is -0.129. The molecule has 0 saturated carbocycles. The molecule has 8 nitrogen and oxygen atoms in total. The van der Waals surface area contributed by atoms with Crippen LogP contribution in [0.1, 0.15) is 37.8 Å². The molecule has 5 heterocycles. The lowest BCUT2D eigenvalue weighted by atomic mass is 9.96. The quantitative estimate of drug-likeness (QED) is 0.478. The van der Waals surface area contributed by atoms with Crippen LogP contribution in [0.25, 0.3) is 16.9 Å². The molecule has 1 N–H and O–H groups in total. The van der Waals surface area contributed by atoms with Gasteiger partial charge in [0.15, 0.2) is 5.65 Å². The largest absolute Gasteiger partial charge is 0.354 e. The van der Waals surface area contributed by atoms with Crippen LogP contribution in [0.15, 0.2) is 54.9 Å². The molecule has 0 aliphatic carbocycles. The third-order valence-corrected chi connectivity index (χ3v) is 7.16. The molecule has 1 aromatic carbocycles. The number of rotatable bonds is 4. The predicted octanol–water partition coefficient (Wildman–Crippen LogP) is 4.43. The van der Waals surface area contributed by atoms with E-state index in [0.717, 1.165) is 53.7 Å². The second kappa shape index (κ2) is 8.69. The van der Waals surface area contributed by atoms with E-state index in [1.165, 1.54) is 24.0 Å². The van der Waals surface area contributed by atoms with Gasteiger partial charge < -0.3 is 15.1 Å². The van der Waals surface area contributed by atoms with Crippen molar-refractivity contribution in [3.05, 3.63) is 66.0 Å². The maximum Gasteiger partial charge on any atom is 0.219 e. The minimum Gasteiger partial charge on any atom is -0.354 e. The minimum absolute atomic E-state index is 0.114. The van der Waals surface area contributed by atoms with Crippen molar-refractivity contribution in [2.45, 2.75) is 45.7 Å². The summed E-state index contributed by atoms with van der Waals surface area (Å²) >= 11 is 0. The van der Waals surface area contributed by atoms with E-state index in [2.05, 4.69) is 46.4 Å². The summed E-state index contributed by atoms with van der Waals surface area (Å²) in [6, 6.07) is 15.1. The Morgan fingerprint density at radius 3 is 2.86 bits per heavy atom. The summed E-state index contributed by atoms with van der Waals surface area (Å²) in [6.07, 6.45) is 6.90. The number of anilines is 3. The number of imidazole rings is 1. The van der Waals surface area contributed by atoms with Gasteiger partial charge in [0, 0.05) is 50.6 Å². The number of carbonyl (C=O) groups is 1. The van der Waals surface area contributed by atoms with Gasteiger partial charge in [0.2, 0.25) is 5.91 Å². The Bertz CT molecular complexity index is 1410. The smallest absolute Gasteiger partial charge is 0.219 e. The van der Waals surface area contributed by atoms with Crippen molar-refractivity contribution in [3.8, 4) is 11.3 Å². The second-order valence-corrected chi connectivity index (χ2v) is 9.50. The fraction of sp³-hybridized carbons (Fsp3) is 0.333. The van der Waals surface area contributed by atoms with Crippen molar-refractivity contribution >= 4 is 28.9 Å². The van der Waals surface area contributed by atoms with Gasteiger partial charge in [0.1, 0.15) is 11.6 Å². The molecule has 6 rings (SSSR count). The second-order valence-electron chi connectivity index (χ2n) is 9.50. The van der Waals surface area contributed by atoms with Gasteiger partial charge in [-0.3, -0.25) is 4.79 Å². The van der Waals surface area contributed by atoms with Crippen LogP contribution in [-0.2, 0) is 17.8 Å². The molecule has 2 aliphatic heterocycles. The van der Waals surface area contributed by atoms with E-state index in [1.54, 1.807) is 17.6 Å². The van der Waals surface area contributed by atoms with E-state index >= 15 is 0 Å². The van der Waals surface area contributed by atoms with Crippen molar-refractivity contribution in [3.63, 3.8) is 0 Å². The minimum atomic E-state index is 0.114. The maximum atomic E-state index is 11.9. The van der Waals surface area contributed by atoms with Crippen LogP contribution < -0.4 is 10.2 Å². The summed E-state index contributed by atoms with van der Waals surface area (Å²) in [5.41, 5.74) is 5.93. The van der Waals surface area contributed by atoms with Crippen LogP contribution in [0.5, 0.6) is 0 Å². The molecule has 178 valence electrons. The summed E-state index contributed by atoms with van der Waals surface area (Å²) < 4.78 is 1.80. The molecule has 1 unspecified atom stereocenters. The third-order valence-electron chi connectivity index (χ3n) is 7.16. The molecule has 0 bridgehead atoms. The van der Waals surface area contributed by atoms with Gasteiger partial charge in [0.05, 0.1) is 11.4 Å². The highest BCUT2D eigenvalue weighted by molar-refractivity contribution is 5.78. The fourth-order valence-corrected chi connectivity index (χ4v) is 5.20. The zero-order valence-electron chi connectivity index (χ0n) is 20.1. The van der Waals surface area contributed by atoms with Gasteiger partial charge in [-0.25, -0.2) is 14.5 Å². The molecule has 35 heavy (non-hydrogen) atoms. The molecule has 3 aromatic heterocycles. The first-order chi connectivity index (χ1) is 17.0. The Morgan fingerprint density at radius 2 is 2.03 bits per heavy atom. The average molecular weight is 468 g/mol. The Labute approximate surface area is 204 Å². The van der Waals surface area contributed by atoms with Crippen molar-refractivity contribution in [1.82, 2.24) is 24.5 Å². The normalized spacial score (nSPS) is 17.6. The Balaban J connectivity index is 1.35. The Kier molecular flexibility index (Phi) is 5.36. The lowest BCUT2D eigenvalue weighted by Crippen LogP contribution is -2.34. The molecule has 1 amide bonds. The number of carbonyl (C=O) groups excluding carboxylic acids is 1. The van der Waals surface area contributed by atoms with Gasteiger partial charge >= 0.3 is 0 Å². The van der Waals surface area contributed by atoms with Crippen LogP contribution in [-0.4, -0.2) is 49.5 Å². The van der Waals surface area contributed by atoms with Crippen LogP contribution >= 0.6 is 0 Å². The Hall–Kier alpha value is -3.94. The fourth-order valence-electron chi connectivity index (χ4n) is 5.20. The van der Waals surface area contributed by atoms with Crippen LogP contribution in [0.3, 0.4) is 0 Å². The first-order valence-corrected chi connectivity index (χ1v) is 12.3. The lowest BCUT2D eigenvalue weighted by Gasteiger charge is -2.28. The zero-order chi connectivity index (χ0) is 23.9. The number of amides is 1. The van der Waals surface area contributed by atoms with Gasteiger partial charge in [-0.2, -0.15) is 5.10 Å². The topological polar surface area (TPSA) is 78.7 Å². The van der Waals surface area contributed by atoms with E-state index < -0.39 is 0 Å². The first-order valence-electron chi connectivity index (χ1n) is 12.3. The standard InChI is InChI=1S/C27H29N7O/c1-18-5-4-12-33(18)26-7-3-6-25(30-26)29-24-16-23(31-34-14-11-28-27(24)34)21-9-8-20-10-13-32(19(2)35)17-22(20)15-21/h3,6-9,11,14-16,18H,4-5,10,12-13,17H2,1-2H3,(H,29,30). The highest BCUT2D eigenvalue weighted by Gasteiger charge is 2.22. The molecule has 8 heteroatoms. The Morgan fingerprint density at radius 1 is 1.11 bits per heavy atom. The van der Waals surface area contributed by atoms with Crippen LogP contribution in [0.2, 0.25) is 0 Å². The van der Waals surface area contributed by atoms with Crippen LogP contribution in [0, 0.1) is 0 Å². The SMILES string of the molecule is CC(=O)N1CCc2ccc(-c3cc(Nc4cccc(N5CCCC5C)n4)c4nccn4n3)cc2C1. The van der Waals surface area contributed by atoms with E-state index in [4.69, 9.17) is 10.1 Å². The number of fused-ring (bicyclic) bond motifs is 2. The highest BCUT2D eigenvalue weighted by Crippen LogP contribution is 2.30. The molecule has 0 radical (unpaired) electrons. The molecule has 4 aromatic rings. The number of nitrogens with one attached hydrogen (secondary N) is 1. The molecule has 2 aliphatic rings. The predicted molar refractivity (Wildman–Crippen MR) is 137 cm³/mol. The highest BCUT2D eigenvalue weighted by atomic mass is 16.2. The number of nitrogens with zero attached hydrogens (tertiary/aromatic N) is 6. The first kappa shape index (κ1) is 21.6. The van der Waals surface area contributed by atoms with Gasteiger partial charge in [-0.05, 0) is 61.6 Å². The van der Waals surface area contributed by atoms with Crippen molar-refractivity contribution in [1.29, 1.82) is 0 Å². The average Bonchev–Trinajstić information content (AvgIpc) is 3.52. The number of pyridine rings is 1. The van der Waals surface area contributed by atoms with Crippen molar-refractivity contribution in [2.24, 2.45) is 0 Å². The molecule has 0 spiro atoms. The summed E-state index contributed by atoms with van der Waals surface area (Å²) in [5.74, 6) is 1.90.